The third-order valence-corrected chi connectivity index (χ3v) is 2.66. The molecule has 0 unspecified atom stereocenters. The van der Waals surface area contributed by atoms with Gasteiger partial charge >= 0.3 is 0 Å². The molecule has 0 radical (unpaired) electrons. The molecule has 1 rings (SSSR count). The van der Waals surface area contributed by atoms with Gasteiger partial charge in [0.25, 0.3) is 0 Å². The number of benzene rings is 1. The Bertz CT molecular complexity index is 350. The highest BCUT2D eigenvalue weighted by atomic mass is 16.5. The minimum absolute atomic E-state index is 0.147. The first-order chi connectivity index (χ1) is 8.06. The summed E-state index contributed by atoms with van der Waals surface area (Å²) in [5.74, 6) is 0.779. The summed E-state index contributed by atoms with van der Waals surface area (Å²) >= 11 is 0. The van der Waals surface area contributed by atoms with Crippen LogP contribution >= 0.6 is 0 Å². The smallest absolute Gasteiger partial charge is 0.144 e. The number of para-hydroxylation sites is 1. The van der Waals surface area contributed by atoms with E-state index in [9.17, 15) is 0 Å². The summed E-state index contributed by atoms with van der Waals surface area (Å²) in [6.45, 7) is 7.22. The molecule has 3 heteroatoms. The van der Waals surface area contributed by atoms with Crippen LogP contribution in [0.3, 0.4) is 0 Å². The van der Waals surface area contributed by atoms with Crippen molar-refractivity contribution in [2.45, 2.75) is 39.7 Å². The van der Waals surface area contributed by atoms with Crippen LogP contribution in [0.1, 0.15) is 33.6 Å². The topological polar surface area (TPSA) is 38.5 Å². The fourth-order valence-corrected chi connectivity index (χ4v) is 1.74. The molecule has 1 aromatic rings. The highest BCUT2D eigenvalue weighted by Crippen LogP contribution is 2.32. The first-order valence-electron chi connectivity index (χ1n) is 6.32. The summed E-state index contributed by atoms with van der Waals surface area (Å²) in [4.78, 5) is 2.19. The molecule has 1 aromatic carbocycles. The van der Waals surface area contributed by atoms with Crippen molar-refractivity contribution in [3.05, 3.63) is 18.2 Å². The molecule has 0 atom stereocenters. The molecule has 3 nitrogen and oxygen atoms in total. The number of hydrogen-bond donors (Lipinski definition) is 1. The predicted octanol–water partition coefficient (Wildman–Crippen LogP) is 3.29. The van der Waals surface area contributed by atoms with E-state index in [1.807, 2.05) is 32.0 Å². The van der Waals surface area contributed by atoms with E-state index in [1.54, 1.807) is 0 Å². The standard InChI is InChI=1S/C14H24N2O/c1-5-6-10-16(4)12-8-7-9-13(14(12)15)17-11(2)3/h7-9,11H,5-6,10,15H2,1-4H3. The fourth-order valence-electron chi connectivity index (χ4n) is 1.74. The molecular weight excluding hydrogens is 212 g/mol. The maximum atomic E-state index is 6.14. The Morgan fingerprint density at radius 2 is 2.06 bits per heavy atom. The molecule has 0 heterocycles. The molecular formula is C14H24N2O. The van der Waals surface area contributed by atoms with Crippen LogP contribution in [-0.4, -0.2) is 19.7 Å². The van der Waals surface area contributed by atoms with E-state index in [0.29, 0.717) is 0 Å². The normalized spacial score (nSPS) is 10.6. The van der Waals surface area contributed by atoms with Crippen LogP contribution in [-0.2, 0) is 0 Å². The number of rotatable bonds is 6. The van der Waals surface area contributed by atoms with Crippen molar-refractivity contribution in [3.8, 4) is 5.75 Å². The highest BCUT2D eigenvalue weighted by molar-refractivity contribution is 5.73. The third kappa shape index (κ3) is 3.84. The van der Waals surface area contributed by atoms with Gasteiger partial charge in [0, 0.05) is 13.6 Å². The zero-order chi connectivity index (χ0) is 12.8. The molecule has 0 bridgehead atoms. The van der Waals surface area contributed by atoms with Crippen molar-refractivity contribution in [2.75, 3.05) is 24.2 Å². The van der Waals surface area contributed by atoms with Gasteiger partial charge in [0.2, 0.25) is 0 Å². The maximum Gasteiger partial charge on any atom is 0.144 e. The van der Waals surface area contributed by atoms with E-state index in [2.05, 4.69) is 18.9 Å². The van der Waals surface area contributed by atoms with Crippen LogP contribution in [0.15, 0.2) is 18.2 Å². The second-order valence-corrected chi connectivity index (χ2v) is 4.63. The second kappa shape index (κ2) is 6.38. The van der Waals surface area contributed by atoms with Crippen molar-refractivity contribution in [2.24, 2.45) is 0 Å². The lowest BCUT2D eigenvalue weighted by Gasteiger charge is -2.23. The summed E-state index contributed by atoms with van der Waals surface area (Å²) in [7, 11) is 2.07. The summed E-state index contributed by atoms with van der Waals surface area (Å²) in [5.41, 5.74) is 7.93. The zero-order valence-corrected chi connectivity index (χ0v) is 11.4. The molecule has 0 amide bonds. The largest absolute Gasteiger partial charge is 0.489 e. The number of hydrogen-bond acceptors (Lipinski definition) is 3. The summed E-state index contributed by atoms with van der Waals surface area (Å²) in [6.07, 6.45) is 2.51. The maximum absolute atomic E-state index is 6.14. The van der Waals surface area contributed by atoms with E-state index < -0.39 is 0 Å². The first-order valence-corrected chi connectivity index (χ1v) is 6.32. The van der Waals surface area contributed by atoms with Gasteiger partial charge in [-0.3, -0.25) is 0 Å². The highest BCUT2D eigenvalue weighted by Gasteiger charge is 2.10. The lowest BCUT2D eigenvalue weighted by atomic mass is 10.2. The number of nitrogens with two attached hydrogens (primary N) is 1. The van der Waals surface area contributed by atoms with E-state index in [0.717, 1.165) is 23.7 Å². The number of unbranched alkanes of at least 4 members (excludes halogenated alkanes) is 1. The summed E-state index contributed by atoms with van der Waals surface area (Å²) in [6, 6.07) is 5.95. The minimum atomic E-state index is 0.147. The van der Waals surface area contributed by atoms with Crippen molar-refractivity contribution < 1.29 is 4.74 Å². The van der Waals surface area contributed by atoms with Crippen LogP contribution in [0.4, 0.5) is 11.4 Å². The molecule has 2 N–H and O–H groups in total. The van der Waals surface area contributed by atoms with E-state index >= 15 is 0 Å². The monoisotopic (exact) mass is 236 g/mol. The molecule has 0 saturated carbocycles. The Morgan fingerprint density at radius 3 is 2.65 bits per heavy atom. The Balaban J connectivity index is 2.85. The van der Waals surface area contributed by atoms with Gasteiger partial charge < -0.3 is 15.4 Å². The Morgan fingerprint density at radius 1 is 1.35 bits per heavy atom. The molecule has 0 aliphatic heterocycles. The van der Waals surface area contributed by atoms with Crippen LogP contribution in [0.5, 0.6) is 5.75 Å². The van der Waals surface area contributed by atoms with Crippen LogP contribution in [0, 0.1) is 0 Å². The molecule has 0 aliphatic carbocycles. The Hall–Kier alpha value is -1.38. The molecule has 0 aliphatic rings. The van der Waals surface area contributed by atoms with Gasteiger partial charge in [-0.05, 0) is 32.4 Å². The van der Waals surface area contributed by atoms with Crippen molar-refractivity contribution in [1.82, 2.24) is 0 Å². The number of anilines is 2. The van der Waals surface area contributed by atoms with E-state index in [-0.39, 0.29) is 6.10 Å². The molecule has 0 saturated heterocycles. The lowest BCUT2D eigenvalue weighted by Crippen LogP contribution is -2.20. The Labute approximate surface area is 105 Å². The Kier molecular flexibility index (Phi) is 5.13. The van der Waals surface area contributed by atoms with Crippen molar-refractivity contribution >= 4 is 11.4 Å². The quantitative estimate of drug-likeness (QED) is 0.770. The predicted molar refractivity (Wildman–Crippen MR) is 74.8 cm³/mol. The lowest BCUT2D eigenvalue weighted by molar-refractivity contribution is 0.244. The van der Waals surface area contributed by atoms with Gasteiger partial charge in [-0.2, -0.15) is 0 Å². The van der Waals surface area contributed by atoms with Gasteiger partial charge in [-0.25, -0.2) is 0 Å². The van der Waals surface area contributed by atoms with Crippen LogP contribution < -0.4 is 15.4 Å². The van der Waals surface area contributed by atoms with Gasteiger partial charge in [-0.1, -0.05) is 19.4 Å². The summed E-state index contributed by atoms with van der Waals surface area (Å²) in [5, 5.41) is 0. The first kappa shape index (κ1) is 13.7. The average molecular weight is 236 g/mol. The molecule has 96 valence electrons. The SMILES string of the molecule is CCCCN(C)c1cccc(OC(C)C)c1N. The van der Waals surface area contributed by atoms with Crippen molar-refractivity contribution in [3.63, 3.8) is 0 Å². The van der Waals surface area contributed by atoms with Crippen molar-refractivity contribution in [1.29, 1.82) is 0 Å². The van der Waals surface area contributed by atoms with E-state index in [4.69, 9.17) is 10.5 Å². The second-order valence-electron chi connectivity index (χ2n) is 4.63. The number of ether oxygens (including phenoxy) is 1. The van der Waals surface area contributed by atoms with Gasteiger partial charge in [0.15, 0.2) is 0 Å². The molecule has 0 fully saturated rings. The molecule has 0 aromatic heterocycles. The summed E-state index contributed by atoms with van der Waals surface area (Å²) < 4.78 is 5.69. The number of nitrogens with zero attached hydrogens (tertiary/aromatic N) is 1. The number of nitrogen functional groups attached to an aromatic ring is 1. The van der Waals surface area contributed by atoms with E-state index in [1.165, 1.54) is 12.8 Å². The fraction of sp³-hybridized carbons (Fsp3) is 0.571. The van der Waals surface area contributed by atoms with Gasteiger partial charge in [-0.15, -0.1) is 0 Å². The molecule has 17 heavy (non-hydrogen) atoms. The average Bonchev–Trinajstić information content (AvgIpc) is 2.28. The van der Waals surface area contributed by atoms with Gasteiger partial charge in [0.05, 0.1) is 17.5 Å². The van der Waals surface area contributed by atoms with Gasteiger partial charge in [0.1, 0.15) is 5.75 Å². The minimum Gasteiger partial charge on any atom is -0.489 e. The van der Waals surface area contributed by atoms with Crippen LogP contribution in [0.25, 0.3) is 0 Å². The zero-order valence-electron chi connectivity index (χ0n) is 11.4. The van der Waals surface area contributed by atoms with Crippen LogP contribution in [0.2, 0.25) is 0 Å². The molecule has 0 spiro atoms. The third-order valence-electron chi connectivity index (χ3n) is 2.66.